The molecule has 2 aliphatic heterocycles. The van der Waals surface area contributed by atoms with Crippen LogP contribution in [0.4, 0.5) is 10.5 Å². The summed E-state index contributed by atoms with van der Waals surface area (Å²) >= 11 is 0. The molecule has 0 aromatic heterocycles. The number of amides is 2. The second kappa shape index (κ2) is 22.6. The molecule has 3 N–H and O–H groups in total. The Morgan fingerprint density at radius 3 is 2.36 bits per heavy atom. The van der Waals surface area contributed by atoms with E-state index in [0.29, 0.717) is 77.0 Å². The van der Waals surface area contributed by atoms with Crippen LogP contribution in [0.2, 0.25) is 0 Å². The third kappa shape index (κ3) is 11.0. The van der Waals surface area contributed by atoms with Gasteiger partial charge < -0.3 is 53.1 Å². The largest absolute Gasteiger partial charge is 0.497 e. The van der Waals surface area contributed by atoms with Crippen molar-refractivity contribution in [1.29, 1.82) is 5.26 Å². The first-order valence-electron chi connectivity index (χ1n) is 24.5. The summed E-state index contributed by atoms with van der Waals surface area (Å²) in [7, 11) is 3.04. The Morgan fingerprint density at radius 1 is 0.917 bits per heavy atom. The predicted molar refractivity (Wildman–Crippen MR) is 269 cm³/mol. The fraction of sp³-hybridized carbons (Fsp3) is 0.429. The lowest BCUT2D eigenvalue weighted by Gasteiger charge is -2.60. The third-order valence-corrected chi connectivity index (χ3v) is 13.6. The Kier molecular flexibility index (Phi) is 16.1. The van der Waals surface area contributed by atoms with Gasteiger partial charge in [0.25, 0.3) is 5.91 Å². The molecule has 0 spiro atoms. The normalized spacial score (nSPS) is 22.0. The van der Waals surface area contributed by atoms with Crippen LogP contribution < -0.4 is 33.7 Å². The number of unbranched alkanes of at least 4 members (excludes halogenated alkanes) is 2. The van der Waals surface area contributed by atoms with Crippen molar-refractivity contribution in [3.63, 3.8) is 0 Å². The molecule has 16 heteroatoms. The molecule has 6 atom stereocenters. The maximum absolute atomic E-state index is 15.5. The van der Waals surface area contributed by atoms with Crippen molar-refractivity contribution >= 4 is 23.4 Å². The molecule has 380 valence electrons. The number of rotatable bonds is 20. The number of aliphatic hydroxyl groups excluding tert-OH is 2. The second-order valence-corrected chi connectivity index (χ2v) is 19.4. The van der Waals surface area contributed by atoms with Crippen LogP contribution in [-0.4, -0.2) is 91.1 Å². The maximum atomic E-state index is 15.5. The lowest BCUT2D eigenvalue weighted by molar-refractivity contribution is -0.255. The highest BCUT2D eigenvalue weighted by atomic mass is 16.7. The smallest absolute Gasteiger partial charge is 0.417 e. The Bertz CT molecular complexity index is 2710. The van der Waals surface area contributed by atoms with Gasteiger partial charge >= 0.3 is 6.09 Å². The molecule has 4 aromatic carbocycles. The van der Waals surface area contributed by atoms with Crippen molar-refractivity contribution in [3.8, 4) is 40.6 Å². The van der Waals surface area contributed by atoms with Crippen molar-refractivity contribution in [2.24, 2.45) is 22.9 Å². The first kappa shape index (κ1) is 51.3. The van der Waals surface area contributed by atoms with Gasteiger partial charge in [0, 0.05) is 49.3 Å². The third-order valence-electron chi connectivity index (χ3n) is 13.6. The fourth-order valence-corrected chi connectivity index (χ4v) is 10.5. The Labute approximate surface area is 420 Å². The molecular weight excluding hydrogens is 921 g/mol. The summed E-state index contributed by atoms with van der Waals surface area (Å²) in [5.74, 6) is -0.378. The summed E-state index contributed by atoms with van der Waals surface area (Å²) in [6.07, 6.45) is 7.37. The number of ether oxygens (including phenoxy) is 7. The van der Waals surface area contributed by atoms with Gasteiger partial charge in [0.05, 0.1) is 49.8 Å². The number of fused-ring (bicyclic) bond motifs is 3. The minimum atomic E-state index is -1.60. The van der Waals surface area contributed by atoms with Gasteiger partial charge in [-0.15, -0.1) is 6.58 Å². The van der Waals surface area contributed by atoms with Gasteiger partial charge in [-0.1, -0.05) is 36.2 Å². The molecule has 0 saturated heterocycles. The minimum absolute atomic E-state index is 0.0184. The Morgan fingerprint density at radius 2 is 1.65 bits per heavy atom. The number of anilines is 1. The molecule has 0 radical (unpaired) electrons. The van der Waals surface area contributed by atoms with E-state index in [9.17, 15) is 20.3 Å². The zero-order valence-electron chi connectivity index (χ0n) is 41.6. The monoisotopic (exact) mass is 984 g/mol. The van der Waals surface area contributed by atoms with Crippen LogP contribution in [0.5, 0.6) is 34.5 Å². The number of benzene rings is 4. The summed E-state index contributed by atoms with van der Waals surface area (Å²) in [5, 5.41) is 37.6. The number of oxime groups is 1. The van der Waals surface area contributed by atoms with Crippen molar-refractivity contribution in [2.75, 3.05) is 46.1 Å². The topological polar surface area (TPSA) is 200 Å². The van der Waals surface area contributed by atoms with Gasteiger partial charge in [-0.3, -0.25) is 10.1 Å². The molecule has 1 saturated carbocycles. The zero-order chi connectivity index (χ0) is 51.0. The Balaban J connectivity index is 1.33. The van der Waals surface area contributed by atoms with Crippen molar-refractivity contribution in [1.82, 2.24) is 4.90 Å². The van der Waals surface area contributed by atoms with E-state index in [-0.39, 0.29) is 63.1 Å². The predicted octanol–water partition coefficient (Wildman–Crippen LogP) is 9.69. The molecule has 2 aliphatic carbocycles. The maximum Gasteiger partial charge on any atom is 0.417 e. The van der Waals surface area contributed by atoms with Gasteiger partial charge in [0.2, 0.25) is 12.6 Å². The number of carbonyl (C=O) groups is 2. The average Bonchev–Trinajstić information content (AvgIpc) is 3.86. The van der Waals surface area contributed by atoms with Crippen LogP contribution in [0.15, 0.2) is 108 Å². The molecular formula is C56H64N4O12. The SMILES string of the molecule is C=CCOC12Oc3ccc(OC(=O)Nc4ccc(OC)cc4OC)cc3C3C(CCCCO)C(CCCCO)C=C(C(=NOC(C)(C)C)CC1N(Cc1ccc4c(c1)OCO4)C(=O)c1ccc(C#N)cc1)C32. The van der Waals surface area contributed by atoms with Gasteiger partial charge in [-0.05, 0) is 136 Å². The zero-order valence-corrected chi connectivity index (χ0v) is 41.6. The quantitative estimate of drug-likeness (QED) is 0.0430. The summed E-state index contributed by atoms with van der Waals surface area (Å²) in [6.45, 7) is 10.1. The van der Waals surface area contributed by atoms with E-state index in [4.69, 9.17) is 43.2 Å². The van der Waals surface area contributed by atoms with Crippen molar-refractivity contribution in [2.45, 2.75) is 95.6 Å². The number of hydrogen-bond donors (Lipinski definition) is 3. The number of aliphatic hydroxyl groups is 2. The lowest BCUT2D eigenvalue weighted by atomic mass is 9.55. The summed E-state index contributed by atoms with van der Waals surface area (Å²) in [6, 6.07) is 23.7. The van der Waals surface area contributed by atoms with E-state index >= 15 is 4.79 Å². The molecule has 4 aromatic rings. The van der Waals surface area contributed by atoms with Crippen LogP contribution in [-0.2, 0) is 16.1 Å². The van der Waals surface area contributed by atoms with Crippen LogP contribution >= 0.6 is 0 Å². The first-order valence-corrected chi connectivity index (χ1v) is 24.5. The summed E-state index contributed by atoms with van der Waals surface area (Å²) in [5.41, 5.74) is 3.39. The number of hydrogen-bond acceptors (Lipinski definition) is 14. The molecule has 2 heterocycles. The summed E-state index contributed by atoms with van der Waals surface area (Å²) < 4.78 is 43.0. The molecule has 6 unspecified atom stereocenters. The lowest BCUT2D eigenvalue weighted by Crippen LogP contribution is -2.70. The van der Waals surface area contributed by atoms with E-state index in [1.807, 2.05) is 45.0 Å². The second-order valence-electron chi connectivity index (χ2n) is 19.4. The van der Waals surface area contributed by atoms with Gasteiger partial charge in [-0.2, -0.15) is 5.26 Å². The van der Waals surface area contributed by atoms with Crippen LogP contribution in [0.25, 0.3) is 0 Å². The highest BCUT2D eigenvalue weighted by Crippen LogP contribution is 2.62. The molecule has 4 aliphatic rings. The molecule has 2 amide bonds. The number of nitriles is 1. The highest BCUT2D eigenvalue weighted by Gasteiger charge is 2.65. The van der Waals surface area contributed by atoms with Crippen LogP contribution in [0.1, 0.15) is 98.7 Å². The molecule has 0 bridgehead atoms. The van der Waals surface area contributed by atoms with E-state index in [0.717, 1.165) is 29.5 Å². The molecule has 72 heavy (non-hydrogen) atoms. The van der Waals surface area contributed by atoms with E-state index in [2.05, 4.69) is 24.0 Å². The van der Waals surface area contributed by atoms with Crippen molar-refractivity contribution in [3.05, 3.63) is 125 Å². The average molecular weight is 985 g/mol. The number of nitrogens with one attached hydrogen (secondary N) is 1. The number of nitrogens with zero attached hydrogens (tertiary/aromatic N) is 3. The standard InChI is InChI=1S/C56H64N4O12/c1-7-26-69-56-50(60(53(63)37-17-14-35(32-57)15-18-37)33-36-16-22-47-49(27-36)68-34-67-47)31-45(59-72-55(2,3)4)42-28-38(12-8-10-24-61)41(13-9-11-25-62)51(52(42)56)43-29-40(20-23-46(43)71-56)70-54(64)58-44-21-19-39(65-5)30-48(44)66-6/h7,14-23,27-30,38,41,50-52,61-62H,1,8-13,24-26,31,33-34H2,2-6H3,(H,58,64). The number of allylic oxidation sites excluding steroid dienone is 1. The molecule has 1 fully saturated rings. The first-order chi connectivity index (χ1) is 34.8. The highest BCUT2D eigenvalue weighted by molar-refractivity contribution is 6.03. The Hall–Kier alpha value is -7.06. The van der Waals surface area contributed by atoms with Crippen molar-refractivity contribution < 1.29 is 57.8 Å². The minimum Gasteiger partial charge on any atom is -0.497 e. The summed E-state index contributed by atoms with van der Waals surface area (Å²) in [4.78, 5) is 37.3. The van der Waals surface area contributed by atoms with Crippen LogP contribution in [0, 0.1) is 29.1 Å². The number of methoxy groups -OCH3 is 2. The van der Waals surface area contributed by atoms with Gasteiger partial charge in [0.1, 0.15) is 34.6 Å². The van der Waals surface area contributed by atoms with E-state index in [1.54, 1.807) is 72.7 Å². The van der Waals surface area contributed by atoms with Crippen LogP contribution in [0.3, 0.4) is 0 Å². The van der Waals surface area contributed by atoms with E-state index in [1.165, 1.54) is 7.11 Å². The van der Waals surface area contributed by atoms with Gasteiger partial charge in [0.15, 0.2) is 11.5 Å². The van der Waals surface area contributed by atoms with E-state index < -0.39 is 35.4 Å². The van der Waals surface area contributed by atoms with Gasteiger partial charge in [-0.25, -0.2) is 4.79 Å². The number of carbonyl (C=O) groups excluding carboxylic acids is 2. The molecule has 16 nitrogen and oxygen atoms in total. The molecule has 8 rings (SSSR count). The fourth-order valence-electron chi connectivity index (χ4n) is 10.5.